The van der Waals surface area contributed by atoms with Crippen LogP contribution < -0.4 is 10.1 Å². The maximum Gasteiger partial charge on any atom is 0.188 e. The van der Waals surface area contributed by atoms with Crippen LogP contribution in [0.3, 0.4) is 0 Å². The summed E-state index contributed by atoms with van der Waals surface area (Å²) < 4.78 is 6.81. The molecule has 3 aromatic carbocycles. The Morgan fingerprint density at radius 2 is 1.76 bits per heavy atom. The van der Waals surface area contributed by atoms with Crippen LogP contribution in [0.4, 0.5) is 5.69 Å². The van der Waals surface area contributed by atoms with Crippen molar-refractivity contribution in [3.8, 4) is 5.75 Å². The van der Waals surface area contributed by atoms with Crippen LogP contribution in [-0.2, 0) is 18.6 Å². The summed E-state index contributed by atoms with van der Waals surface area (Å²) in [6, 6.07) is 24.0. The van der Waals surface area contributed by atoms with E-state index in [0.717, 1.165) is 52.4 Å². The first-order valence-electron chi connectivity index (χ1n) is 11.4. The Labute approximate surface area is 193 Å². The predicted octanol–water partition coefficient (Wildman–Crippen LogP) is 5.88. The Bertz CT molecular complexity index is 1240. The highest BCUT2D eigenvalue weighted by molar-refractivity contribution is 5.99. The SMILES string of the molecule is C[C@](Oc1ccc2c(c1CNc1ccccc1)CCCC2=O)(c1ccccc1)c1ncc[nH]1. The van der Waals surface area contributed by atoms with E-state index in [1.807, 2.05) is 85.9 Å². The molecule has 1 atom stereocenters. The number of carbonyl (C=O) groups excluding carboxylic acids is 1. The molecule has 0 fully saturated rings. The van der Waals surface area contributed by atoms with Crippen molar-refractivity contribution in [1.82, 2.24) is 9.97 Å². The van der Waals surface area contributed by atoms with E-state index < -0.39 is 5.60 Å². The second-order valence-corrected chi connectivity index (χ2v) is 8.50. The second-order valence-electron chi connectivity index (χ2n) is 8.50. The maximum absolute atomic E-state index is 12.6. The molecule has 0 saturated carbocycles. The third-order valence-electron chi connectivity index (χ3n) is 6.35. The summed E-state index contributed by atoms with van der Waals surface area (Å²) in [7, 11) is 0. The summed E-state index contributed by atoms with van der Waals surface area (Å²) in [5, 5.41) is 3.51. The summed E-state index contributed by atoms with van der Waals surface area (Å²) in [5.41, 5.74) is 4.13. The van der Waals surface area contributed by atoms with Gasteiger partial charge in [-0.1, -0.05) is 48.5 Å². The van der Waals surface area contributed by atoms with Crippen LogP contribution in [0, 0.1) is 0 Å². The third-order valence-corrected chi connectivity index (χ3v) is 6.35. The molecule has 0 aliphatic heterocycles. The lowest BCUT2D eigenvalue weighted by Crippen LogP contribution is -2.33. The molecule has 166 valence electrons. The largest absolute Gasteiger partial charge is 0.475 e. The average molecular weight is 438 g/mol. The molecule has 5 heteroatoms. The van der Waals surface area contributed by atoms with Gasteiger partial charge in [0.1, 0.15) is 5.75 Å². The fourth-order valence-corrected chi connectivity index (χ4v) is 4.56. The van der Waals surface area contributed by atoms with Crippen LogP contribution in [0.1, 0.15) is 52.6 Å². The van der Waals surface area contributed by atoms with Crippen LogP contribution >= 0.6 is 0 Å². The molecule has 0 unspecified atom stereocenters. The van der Waals surface area contributed by atoms with Crippen molar-refractivity contribution in [2.24, 2.45) is 0 Å². The molecule has 4 aromatic rings. The number of rotatable bonds is 7. The molecule has 1 aliphatic rings. The lowest BCUT2D eigenvalue weighted by Gasteiger charge is -2.32. The number of imidazole rings is 1. The third kappa shape index (κ3) is 4.14. The van der Waals surface area contributed by atoms with E-state index in [9.17, 15) is 4.79 Å². The number of Topliss-reactive ketones (excluding diaryl/α,β-unsaturated/α-hetero) is 1. The highest BCUT2D eigenvalue weighted by Gasteiger charge is 2.35. The number of nitrogens with zero attached hydrogens (tertiary/aromatic N) is 1. The molecule has 5 nitrogen and oxygen atoms in total. The van der Waals surface area contributed by atoms with Crippen molar-refractivity contribution in [2.75, 3.05) is 5.32 Å². The molecule has 0 radical (unpaired) electrons. The van der Waals surface area contributed by atoms with Crippen molar-refractivity contribution in [3.05, 3.63) is 113 Å². The molecule has 33 heavy (non-hydrogen) atoms. The van der Waals surface area contributed by atoms with Crippen molar-refractivity contribution in [2.45, 2.75) is 38.3 Å². The number of aromatic amines is 1. The number of carbonyl (C=O) groups is 1. The Morgan fingerprint density at radius 1 is 1.00 bits per heavy atom. The van der Waals surface area contributed by atoms with E-state index in [-0.39, 0.29) is 5.78 Å². The van der Waals surface area contributed by atoms with Crippen LogP contribution in [-0.4, -0.2) is 15.8 Å². The van der Waals surface area contributed by atoms with E-state index >= 15 is 0 Å². The molecule has 1 aromatic heterocycles. The zero-order valence-corrected chi connectivity index (χ0v) is 18.7. The fourth-order valence-electron chi connectivity index (χ4n) is 4.56. The molecule has 0 spiro atoms. The lowest BCUT2D eigenvalue weighted by molar-refractivity contribution is 0.0971. The predicted molar refractivity (Wildman–Crippen MR) is 130 cm³/mol. The Balaban J connectivity index is 1.58. The minimum Gasteiger partial charge on any atom is -0.475 e. The highest BCUT2D eigenvalue weighted by atomic mass is 16.5. The first kappa shape index (κ1) is 21.0. The highest BCUT2D eigenvalue weighted by Crippen LogP contribution is 2.38. The zero-order chi connectivity index (χ0) is 22.7. The van der Waals surface area contributed by atoms with Crippen LogP contribution in [0.25, 0.3) is 0 Å². The van der Waals surface area contributed by atoms with E-state index in [2.05, 4.69) is 15.3 Å². The Hall–Kier alpha value is -3.86. The van der Waals surface area contributed by atoms with Crippen LogP contribution in [0.15, 0.2) is 85.2 Å². The molecule has 0 bridgehead atoms. The minimum atomic E-state index is -0.820. The monoisotopic (exact) mass is 437 g/mol. The van der Waals surface area contributed by atoms with Gasteiger partial charge in [0.15, 0.2) is 17.2 Å². The normalized spacial score (nSPS) is 14.9. The number of anilines is 1. The lowest BCUT2D eigenvalue weighted by atomic mass is 9.86. The minimum absolute atomic E-state index is 0.209. The van der Waals surface area contributed by atoms with Gasteiger partial charge in [-0.15, -0.1) is 0 Å². The summed E-state index contributed by atoms with van der Waals surface area (Å²) in [6.45, 7) is 2.60. The number of benzene rings is 3. The van der Waals surface area contributed by atoms with Crippen LogP contribution in [0.2, 0.25) is 0 Å². The van der Waals surface area contributed by atoms with E-state index in [4.69, 9.17) is 4.74 Å². The van der Waals surface area contributed by atoms with Gasteiger partial charge < -0.3 is 15.0 Å². The molecular weight excluding hydrogens is 410 g/mol. The number of para-hydroxylation sites is 1. The summed E-state index contributed by atoms with van der Waals surface area (Å²) in [5.74, 6) is 1.69. The molecule has 0 amide bonds. The van der Waals surface area contributed by atoms with Gasteiger partial charge in [0.05, 0.1) is 0 Å². The summed E-state index contributed by atoms with van der Waals surface area (Å²) in [4.78, 5) is 20.4. The molecule has 1 aliphatic carbocycles. The van der Waals surface area contributed by atoms with Gasteiger partial charge in [-0.25, -0.2) is 4.98 Å². The second kappa shape index (κ2) is 8.94. The molecule has 5 rings (SSSR count). The zero-order valence-electron chi connectivity index (χ0n) is 18.7. The summed E-state index contributed by atoms with van der Waals surface area (Å²) in [6.07, 6.45) is 5.88. The van der Waals surface area contributed by atoms with Gasteiger partial charge in [0, 0.05) is 47.7 Å². The van der Waals surface area contributed by atoms with Crippen molar-refractivity contribution in [3.63, 3.8) is 0 Å². The van der Waals surface area contributed by atoms with E-state index in [1.165, 1.54) is 0 Å². The van der Waals surface area contributed by atoms with Crippen molar-refractivity contribution >= 4 is 11.5 Å². The van der Waals surface area contributed by atoms with Crippen molar-refractivity contribution in [1.29, 1.82) is 0 Å². The van der Waals surface area contributed by atoms with E-state index in [1.54, 1.807) is 6.20 Å². The molecule has 1 heterocycles. The standard InChI is InChI=1S/C28H27N3O2/c1-28(27-29-17-18-30-27,20-9-4-2-5-10-20)33-26-16-15-23-22(13-8-14-25(23)32)24(26)19-31-21-11-6-3-7-12-21/h2-7,9-12,15-18,31H,8,13-14,19H2,1H3,(H,29,30)/t28-/m0/s1. The topological polar surface area (TPSA) is 67.0 Å². The molecular formula is C28H27N3O2. The maximum atomic E-state index is 12.6. The first-order valence-corrected chi connectivity index (χ1v) is 11.4. The molecule has 2 N–H and O–H groups in total. The van der Waals surface area contributed by atoms with Gasteiger partial charge in [-0.05, 0) is 49.6 Å². The quantitative estimate of drug-likeness (QED) is 0.379. The molecule has 0 saturated heterocycles. The number of nitrogens with one attached hydrogen (secondary N) is 2. The number of aromatic nitrogens is 2. The number of ether oxygens (including phenoxy) is 1. The fraction of sp³-hybridized carbons (Fsp3) is 0.214. The van der Waals surface area contributed by atoms with Gasteiger partial charge in [-0.2, -0.15) is 0 Å². The van der Waals surface area contributed by atoms with Gasteiger partial charge >= 0.3 is 0 Å². The first-order chi connectivity index (χ1) is 16.1. The number of fused-ring (bicyclic) bond motifs is 1. The number of ketones is 1. The smallest absolute Gasteiger partial charge is 0.188 e. The van der Waals surface area contributed by atoms with Crippen molar-refractivity contribution < 1.29 is 9.53 Å². The van der Waals surface area contributed by atoms with Gasteiger partial charge in [0.2, 0.25) is 0 Å². The Kier molecular flexibility index (Phi) is 5.69. The Morgan fingerprint density at radius 3 is 2.48 bits per heavy atom. The summed E-state index contributed by atoms with van der Waals surface area (Å²) >= 11 is 0. The number of hydrogen-bond donors (Lipinski definition) is 2. The number of hydrogen-bond acceptors (Lipinski definition) is 4. The average Bonchev–Trinajstić information content (AvgIpc) is 3.40. The number of H-pyrrole nitrogens is 1. The van der Waals surface area contributed by atoms with Gasteiger partial charge in [-0.3, -0.25) is 4.79 Å². The van der Waals surface area contributed by atoms with E-state index in [0.29, 0.717) is 13.0 Å². The van der Waals surface area contributed by atoms with Crippen LogP contribution in [0.5, 0.6) is 5.75 Å². The van der Waals surface area contributed by atoms with Gasteiger partial charge in [0.25, 0.3) is 0 Å².